The van der Waals surface area contributed by atoms with Gasteiger partial charge in [0, 0.05) is 12.1 Å². The molecule has 130 valence electrons. The van der Waals surface area contributed by atoms with Gasteiger partial charge in [0.25, 0.3) is 5.91 Å². The largest absolute Gasteiger partial charge is 0.467 e. The third-order valence-corrected chi connectivity index (χ3v) is 3.77. The molecule has 0 aliphatic rings. The van der Waals surface area contributed by atoms with Crippen LogP contribution in [-0.4, -0.2) is 17.4 Å². The van der Waals surface area contributed by atoms with E-state index in [1.807, 2.05) is 36.4 Å². The van der Waals surface area contributed by atoms with Gasteiger partial charge >= 0.3 is 0 Å². The number of rotatable bonds is 7. The van der Waals surface area contributed by atoms with Crippen LogP contribution in [0.1, 0.15) is 22.5 Å². The van der Waals surface area contributed by atoms with E-state index in [0.29, 0.717) is 35.9 Å². The summed E-state index contributed by atoms with van der Waals surface area (Å²) in [6.45, 7) is 0.650. The molecule has 3 aromatic rings. The highest BCUT2D eigenvalue weighted by Gasteiger charge is 2.17. The fourth-order valence-corrected chi connectivity index (χ4v) is 2.53. The number of nitriles is 1. The van der Waals surface area contributed by atoms with Gasteiger partial charge in [0.1, 0.15) is 17.3 Å². The van der Waals surface area contributed by atoms with Gasteiger partial charge in [-0.25, -0.2) is 0 Å². The predicted octanol–water partition coefficient (Wildman–Crippen LogP) is 4.63. The van der Waals surface area contributed by atoms with Gasteiger partial charge in [0.05, 0.1) is 25.3 Å². The molecule has 5 nitrogen and oxygen atoms in total. The van der Waals surface area contributed by atoms with E-state index in [-0.39, 0.29) is 12.3 Å². The van der Waals surface area contributed by atoms with E-state index in [1.54, 1.807) is 41.5 Å². The normalized spacial score (nSPS) is 10.1. The quantitative estimate of drug-likeness (QED) is 0.626. The zero-order valence-electron chi connectivity index (χ0n) is 14.2. The van der Waals surface area contributed by atoms with Gasteiger partial charge in [-0.05, 0) is 42.5 Å². The van der Waals surface area contributed by atoms with Crippen molar-refractivity contribution in [1.82, 2.24) is 4.90 Å². The Morgan fingerprint density at radius 2 is 1.85 bits per heavy atom. The molecule has 0 N–H and O–H groups in total. The van der Waals surface area contributed by atoms with Crippen molar-refractivity contribution in [3.63, 3.8) is 0 Å². The van der Waals surface area contributed by atoms with Crippen molar-refractivity contribution in [3.05, 3.63) is 84.3 Å². The van der Waals surface area contributed by atoms with Crippen LogP contribution in [-0.2, 0) is 6.54 Å². The van der Waals surface area contributed by atoms with Gasteiger partial charge < -0.3 is 14.1 Å². The second-order valence-electron chi connectivity index (χ2n) is 5.66. The number of ether oxygens (including phenoxy) is 1. The topological polar surface area (TPSA) is 66.5 Å². The lowest BCUT2D eigenvalue weighted by atomic mass is 10.1. The maximum Gasteiger partial charge on any atom is 0.254 e. The lowest BCUT2D eigenvalue weighted by Crippen LogP contribution is -2.31. The first kappa shape index (κ1) is 17.3. The minimum Gasteiger partial charge on any atom is -0.467 e. The van der Waals surface area contributed by atoms with Crippen LogP contribution in [0.5, 0.6) is 11.5 Å². The summed E-state index contributed by atoms with van der Waals surface area (Å²) in [6.07, 6.45) is 1.82. The van der Waals surface area contributed by atoms with Crippen LogP contribution in [0, 0.1) is 11.3 Å². The van der Waals surface area contributed by atoms with Crippen molar-refractivity contribution in [2.45, 2.75) is 13.0 Å². The highest BCUT2D eigenvalue weighted by atomic mass is 16.5. The van der Waals surface area contributed by atoms with Crippen molar-refractivity contribution >= 4 is 5.91 Å². The Bertz CT molecular complexity index is 883. The number of carbonyl (C=O) groups is 1. The molecule has 0 bridgehead atoms. The lowest BCUT2D eigenvalue weighted by Gasteiger charge is -2.21. The molecule has 0 atom stereocenters. The van der Waals surface area contributed by atoms with Gasteiger partial charge in [-0.2, -0.15) is 5.26 Å². The lowest BCUT2D eigenvalue weighted by molar-refractivity contribution is 0.0735. The zero-order valence-corrected chi connectivity index (χ0v) is 14.2. The molecule has 5 heteroatoms. The molecule has 0 radical (unpaired) electrons. The van der Waals surface area contributed by atoms with Crippen LogP contribution in [0.2, 0.25) is 0 Å². The number of amides is 1. The van der Waals surface area contributed by atoms with Gasteiger partial charge in [-0.1, -0.05) is 24.3 Å². The van der Waals surface area contributed by atoms with Crippen LogP contribution < -0.4 is 4.74 Å². The second-order valence-corrected chi connectivity index (χ2v) is 5.66. The molecule has 0 spiro atoms. The first-order valence-electron chi connectivity index (χ1n) is 8.28. The molecule has 0 aliphatic carbocycles. The van der Waals surface area contributed by atoms with E-state index >= 15 is 0 Å². The summed E-state index contributed by atoms with van der Waals surface area (Å²) < 4.78 is 11.1. The van der Waals surface area contributed by atoms with E-state index in [2.05, 4.69) is 6.07 Å². The Morgan fingerprint density at radius 1 is 1.04 bits per heavy atom. The highest BCUT2D eigenvalue weighted by molar-refractivity contribution is 5.94. The van der Waals surface area contributed by atoms with Crippen molar-refractivity contribution in [2.24, 2.45) is 0 Å². The standard InChI is InChI=1S/C21H18N2O3/c22-12-6-13-23(16-20-11-5-14-25-20)21(24)17-7-4-10-19(15-17)26-18-8-2-1-3-9-18/h1-5,7-11,14-15H,6,13,16H2. The van der Waals surface area contributed by atoms with E-state index in [0.717, 1.165) is 0 Å². The number of benzene rings is 2. The molecule has 2 aromatic carbocycles. The first-order valence-corrected chi connectivity index (χ1v) is 8.28. The molecule has 1 amide bonds. The Balaban J connectivity index is 1.77. The van der Waals surface area contributed by atoms with Crippen molar-refractivity contribution in [2.75, 3.05) is 6.54 Å². The molecule has 1 heterocycles. The van der Waals surface area contributed by atoms with Crippen molar-refractivity contribution in [3.8, 4) is 17.6 Å². The molecule has 1 aromatic heterocycles. The van der Waals surface area contributed by atoms with Gasteiger partial charge in [-0.15, -0.1) is 0 Å². The minimum absolute atomic E-state index is 0.171. The fraction of sp³-hybridized carbons (Fsp3) is 0.143. The summed E-state index contributed by atoms with van der Waals surface area (Å²) in [5.74, 6) is 1.79. The Hall–Kier alpha value is -3.52. The summed E-state index contributed by atoms with van der Waals surface area (Å²) in [4.78, 5) is 14.5. The van der Waals surface area contributed by atoms with Gasteiger partial charge in [-0.3, -0.25) is 4.79 Å². The molecule has 0 aliphatic heterocycles. The zero-order chi connectivity index (χ0) is 18.2. The Kier molecular flexibility index (Phi) is 5.69. The summed E-state index contributed by atoms with van der Waals surface area (Å²) in [5, 5.41) is 8.87. The average molecular weight is 346 g/mol. The molecule has 26 heavy (non-hydrogen) atoms. The SMILES string of the molecule is N#CCCN(Cc1ccco1)C(=O)c1cccc(Oc2ccccc2)c1. The molecule has 3 rings (SSSR count). The predicted molar refractivity (Wildman–Crippen MR) is 96.6 cm³/mol. The summed E-state index contributed by atoms with van der Waals surface area (Å²) in [7, 11) is 0. The second kappa shape index (κ2) is 8.54. The fourth-order valence-electron chi connectivity index (χ4n) is 2.53. The van der Waals surface area contributed by atoms with Crippen LogP contribution in [0.3, 0.4) is 0 Å². The summed E-state index contributed by atoms with van der Waals surface area (Å²) in [6, 6.07) is 22.1. The number of furan rings is 1. The van der Waals surface area contributed by atoms with E-state index < -0.39 is 0 Å². The monoisotopic (exact) mass is 346 g/mol. The molecular weight excluding hydrogens is 328 g/mol. The number of hydrogen-bond acceptors (Lipinski definition) is 4. The number of para-hydroxylation sites is 1. The van der Waals surface area contributed by atoms with Crippen LogP contribution in [0.25, 0.3) is 0 Å². The molecule has 0 saturated heterocycles. The third kappa shape index (κ3) is 4.52. The van der Waals surface area contributed by atoms with Gasteiger partial charge in [0.2, 0.25) is 0 Å². The number of carbonyl (C=O) groups excluding carboxylic acids is 1. The average Bonchev–Trinajstić information content (AvgIpc) is 3.19. The number of hydrogen-bond donors (Lipinski definition) is 0. The molecule has 0 unspecified atom stereocenters. The minimum atomic E-state index is -0.171. The van der Waals surface area contributed by atoms with E-state index in [4.69, 9.17) is 14.4 Å². The highest BCUT2D eigenvalue weighted by Crippen LogP contribution is 2.23. The van der Waals surface area contributed by atoms with Crippen LogP contribution in [0.4, 0.5) is 0 Å². The van der Waals surface area contributed by atoms with E-state index in [1.165, 1.54) is 0 Å². The Morgan fingerprint density at radius 3 is 2.58 bits per heavy atom. The Labute approximate surface area is 152 Å². The smallest absolute Gasteiger partial charge is 0.254 e. The maximum absolute atomic E-state index is 12.9. The number of nitrogens with zero attached hydrogens (tertiary/aromatic N) is 2. The molecule has 0 fully saturated rings. The first-order chi connectivity index (χ1) is 12.8. The molecule has 0 saturated carbocycles. The van der Waals surface area contributed by atoms with Gasteiger partial charge in [0.15, 0.2) is 0 Å². The van der Waals surface area contributed by atoms with Crippen LogP contribution in [0.15, 0.2) is 77.4 Å². The van der Waals surface area contributed by atoms with E-state index in [9.17, 15) is 4.79 Å². The maximum atomic E-state index is 12.9. The third-order valence-electron chi connectivity index (χ3n) is 3.77. The van der Waals surface area contributed by atoms with Crippen molar-refractivity contribution < 1.29 is 13.9 Å². The summed E-state index contributed by atoms with van der Waals surface area (Å²) in [5.41, 5.74) is 0.503. The van der Waals surface area contributed by atoms with Crippen LogP contribution >= 0.6 is 0 Å². The summed E-state index contributed by atoms with van der Waals surface area (Å²) >= 11 is 0. The molecular formula is C21H18N2O3. The van der Waals surface area contributed by atoms with Crippen molar-refractivity contribution in [1.29, 1.82) is 5.26 Å².